The van der Waals surface area contributed by atoms with Crippen LogP contribution < -0.4 is 10.6 Å². The lowest BCUT2D eigenvalue weighted by Crippen LogP contribution is -2.48. The van der Waals surface area contributed by atoms with Crippen LogP contribution in [0.2, 0.25) is 0 Å². The van der Waals surface area contributed by atoms with Crippen molar-refractivity contribution in [3.8, 4) is 0 Å². The normalized spacial score (nSPS) is 24.3. The van der Waals surface area contributed by atoms with Gasteiger partial charge in [0, 0.05) is 13.6 Å². The predicted molar refractivity (Wildman–Crippen MR) is 76.1 cm³/mol. The van der Waals surface area contributed by atoms with Crippen LogP contribution in [0.25, 0.3) is 0 Å². The summed E-state index contributed by atoms with van der Waals surface area (Å²) in [5.74, 6) is 1.00. The summed E-state index contributed by atoms with van der Waals surface area (Å²) < 4.78 is 7.51. The first-order valence-electron chi connectivity index (χ1n) is 6.13. The van der Waals surface area contributed by atoms with Crippen LogP contribution in [0.15, 0.2) is 0 Å². The number of hydrogen-bond acceptors (Lipinski definition) is 4. The van der Waals surface area contributed by atoms with Crippen LogP contribution >= 0.6 is 12.2 Å². The fourth-order valence-corrected chi connectivity index (χ4v) is 2.70. The minimum Gasteiger partial charge on any atom is -0.389 e. The highest BCUT2D eigenvalue weighted by molar-refractivity contribution is 7.80. The summed E-state index contributed by atoms with van der Waals surface area (Å²) in [4.78, 5) is 2.68. The molecule has 1 aliphatic rings. The second-order valence-corrected chi connectivity index (χ2v) is 5.36. The summed E-state index contributed by atoms with van der Waals surface area (Å²) in [6.07, 6.45) is 0.204. The van der Waals surface area contributed by atoms with Crippen LogP contribution in [-0.4, -0.2) is 40.1 Å². The predicted octanol–water partition coefficient (Wildman–Crippen LogP) is 0.976. The molecule has 1 aliphatic heterocycles. The highest BCUT2D eigenvalue weighted by Crippen LogP contribution is 2.27. The van der Waals surface area contributed by atoms with Gasteiger partial charge in [-0.15, -0.1) is 0 Å². The Labute approximate surface area is 113 Å². The van der Waals surface area contributed by atoms with E-state index in [0.717, 1.165) is 23.6 Å². The molecule has 0 bridgehead atoms. The largest absolute Gasteiger partial charge is 0.389 e. The van der Waals surface area contributed by atoms with Crippen molar-refractivity contribution in [3.63, 3.8) is 0 Å². The molecule has 2 rings (SSSR count). The molecule has 2 N–H and O–H groups in total. The van der Waals surface area contributed by atoms with E-state index < -0.39 is 0 Å². The molecule has 100 valence electrons. The number of morpholine rings is 1. The molecule has 0 radical (unpaired) electrons. The Hall–Kier alpha value is -1.14. The van der Waals surface area contributed by atoms with E-state index in [0.29, 0.717) is 17.6 Å². The van der Waals surface area contributed by atoms with Gasteiger partial charge >= 0.3 is 0 Å². The zero-order valence-corrected chi connectivity index (χ0v) is 12.1. The van der Waals surface area contributed by atoms with Crippen LogP contribution in [0.5, 0.6) is 0 Å². The van der Waals surface area contributed by atoms with Crippen molar-refractivity contribution in [1.82, 2.24) is 9.78 Å². The third-order valence-corrected chi connectivity index (χ3v) is 3.52. The monoisotopic (exact) mass is 268 g/mol. The molecule has 2 atom stereocenters. The molecule has 1 aromatic heterocycles. The van der Waals surface area contributed by atoms with E-state index in [4.69, 9.17) is 22.7 Å². The Morgan fingerprint density at radius 2 is 2.17 bits per heavy atom. The maximum Gasteiger partial charge on any atom is 0.137 e. The van der Waals surface area contributed by atoms with E-state index >= 15 is 0 Å². The molecule has 1 saturated heterocycles. The van der Waals surface area contributed by atoms with E-state index in [9.17, 15) is 0 Å². The molecule has 5 nitrogen and oxygen atoms in total. The summed E-state index contributed by atoms with van der Waals surface area (Å²) in [5, 5.41) is 4.43. The molecule has 1 fully saturated rings. The van der Waals surface area contributed by atoms with Gasteiger partial charge in [-0.1, -0.05) is 12.2 Å². The van der Waals surface area contributed by atoms with Crippen molar-refractivity contribution >= 4 is 23.0 Å². The lowest BCUT2D eigenvalue weighted by molar-refractivity contribution is 0.0337. The molecule has 0 saturated carbocycles. The van der Waals surface area contributed by atoms with Crippen LogP contribution in [0.4, 0.5) is 5.82 Å². The van der Waals surface area contributed by atoms with E-state index in [1.807, 2.05) is 18.7 Å². The van der Waals surface area contributed by atoms with Gasteiger partial charge in [-0.25, -0.2) is 0 Å². The summed E-state index contributed by atoms with van der Waals surface area (Å²) in [5.41, 5.74) is 7.60. The molecule has 2 heterocycles. The molecular formula is C12H20N4OS. The molecule has 1 aromatic rings. The fraction of sp³-hybridized carbons (Fsp3) is 0.667. The van der Waals surface area contributed by atoms with E-state index in [2.05, 4.69) is 23.8 Å². The Kier molecular flexibility index (Phi) is 3.59. The SMILES string of the molecule is Cc1nn(C)c(N2CC(C)OCC2C)c1C(N)=S. The number of hydrogen-bond donors (Lipinski definition) is 1. The number of aromatic nitrogens is 2. The van der Waals surface area contributed by atoms with Gasteiger partial charge < -0.3 is 15.4 Å². The molecule has 2 unspecified atom stereocenters. The van der Waals surface area contributed by atoms with Crippen molar-refractivity contribution < 1.29 is 4.74 Å². The molecule has 18 heavy (non-hydrogen) atoms. The highest BCUT2D eigenvalue weighted by atomic mass is 32.1. The maximum absolute atomic E-state index is 5.84. The van der Waals surface area contributed by atoms with Gasteiger partial charge in [0.2, 0.25) is 0 Å². The second kappa shape index (κ2) is 4.85. The molecular weight excluding hydrogens is 248 g/mol. The van der Waals surface area contributed by atoms with Crippen molar-refractivity contribution in [1.29, 1.82) is 0 Å². The smallest absolute Gasteiger partial charge is 0.137 e. The van der Waals surface area contributed by atoms with Gasteiger partial charge in [-0.05, 0) is 20.8 Å². The maximum atomic E-state index is 5.84. The van der Waals surface area contributed by atoms with Crippen molar-refractivity contribution in [2.75, 3.05) is 18.1 Å². The topological polar surface area (TPSA) is 56.3 Å². The lowest BCUT2D eigenvalue weighted by atomic mass is 10.1. The van der Waals surface area contributed by atoms with Crippen molar-refractivity contribution in [3.05, 3.63) is 11.3 Å². The van der Waals surface area contributed by atoms with Crippen LogP contribution in [0.3, 0.4) is 0 Å². The number of ether oxygens (including phenoxy) is 1. The number of nitrogens with zero attached hydrogens (tertiary/aromatic N) is 3. The number of aryl methyl sites for hydroxylation is 2. The van der Waals surface area contributed by atoms with Crippen LogP contribution in [0.1, 0.15) is 25.1 Å². The zero-order valence-electron chi connectivity index (χ0n) is 11.3. The van der Waals surface area contributed by atoms with Gasteiger partial charge in [0.05, 0.1) is 30.0 Å². The highest BCUT2D eigenvalue weighted by Gasteiger charge is 2.29. The average Bonchev–Trinajstić information content (AvgIpc) is 2.57. The number of thiocarbonyl (C=S) groups is 1. The second-order valence-electron chi connectivity index (χ2n) is 4.92. The van der Waals surface area contributed by atoms with Crippen LogP contribution in [0, 0.1) is 6.92 Å². The summed E-state index contributed by atoms with van der Waals surface area (Å²) in [7, 11) is 1.93. The van der Waals surface area contributed by atoms with Gasteiger partial charge in [-0.2, -0.15) is 5.10 Å². The molecule has 0 spiro atoms. The van der Waals surface area contributed by atoms with Gasteiger partial charge in [0.15, 0.2) is 0 Å². The van der Waals surface area contributed by atoms with Crippen molar-refractivity contribution in [2.45, 2.75) is 32.9 Å². The first-order chi connectivity index (χ1) is 8.41. The Morgan fingerprint density at radius 3 is 2.78 bits per heavy atom. The zero-order chi connectivity index (χ0) is 13.4. The van der Waals surface area contributed by atoms with Crippen LogP contribution in [-0.2, 0) is 11.8 Å². The molecule has 0 amide bonds. The first-order valence-corrected chi connectivity index (χ1v) is 6.54. The average molecular weight is 268 g/mol. The van der Waals surface area contributed by atoms with E-state index in [1.54, 1.807) is 0 Å². The fourth-order valence-electron chi connectivity index (χ4n) is 2.46. The number of anilines is 1. The Bertz CT molecular complexity index is 471. The third-order valence-electron chi connectivity index (χ3n) is 3.32. The number of rotatable bonds is 2. The molecule has 0 aliphatic carbocycles. The standard InChI is InChI=1S/C12H20N4OS/c1-7-6-17-8(2)5-16(7)12-10(11(13)18)9(3)14-15(12)4/h7-8H,5-6H2,1-4H3,(H2,13,18). The quantitative estimate of drug-likeness (QED) is 0.810. The first kappa shape index (κ1) is 13.3. The van der Waals surface area contributed by atoms with E-state index in [1.165, 1.54) is 0 Å². The minimum absolute atomic E-state index is 0.204. The summed E-state index contributed by atoms with van der Waals surface area (Å²) in [6.45, 7) is 7.69. The Morgan fingerprint density at radius 1 is 1.50 bits per heavy atom. The Balaban J connectivity index is 2.46. The minimum atomic E-state index is 0.204. The number of nitrogens with two attached hydrogens (primary N) is 1. The van der Waals surface area contributed by atoms with Gasteiger partial charge in [0.1, 0.15) is 10.8 Å². The summed E-state index contributed by atoms with van der Waals surface area (Å²) in [6, 6.07) is 0.295. The lowest BCUT2D eigenvalue weighted by Gasteiger charge is -2.38. The van der Waals surface area contributed by atoms with Gasteiger partial charge in [-0.3, -0.25) is 4.68 Å². The molecule has 6 heteroatoms. The van der Waals surface area contributed by atoms with E-state index in [-0.39, 0.29) is 6.10 Å². The molecule has 0 aromatic carbocycles. The summed E-state index contributed by atoms with van der Waals surface area (Å²) >= 11 is 5.15. The van der Waals surface area contributed by atoms with Crippen molar-refractivity contribution in [2.24, 2.45) is 12.8 Å². The van der Waals surface area contributed by atoms with Gasteiger partial charge in [0.25, 0.3) is 0 Å². The third kappa shape index (κ3) is 2.22.